The van der Waals surface area contributed by atoms with E-state index in [9.17, 15) is 8.78 Å². The van der Waals surface area contributed by atoms with E-state index in [0.717, 1.165) is 5.56 Å². The number of nitrogens with one attached hydrogen (secondary N) is 1. The average Bonchev–Trinajstić information content (AvgIpc) is 2.41. The molecule has 0 aliphatic heterocycles. The largest absolute Gasteiger partial charge is 0.435 e. The topological polar surface area (TPSA) is 21.3 Å². The highest BCUT2D eigenvalue weighted by atomic mass is 35.5. The first kappa shape index (κ1) is 15.9. The molecule has 21 heavy (non-hydrogen) atoms. The van der Waals surface area contributed by atoms with Crippen LogP contribution in [0.25, 0.3) is 0 Å². The smallest absolute Gasteiger partial charge is 0.387 e. The van der Waals surface area contributed by atoms with Gasteiger partial charge < -0.3 is 10.1 Å². The minimum Gasteiger partial charge on any atom is -0.435 e. The van der Waals surface area contributed by atoms with E-state index in [1.807, 2.05) is 13.0 Å². The Labute approximate surface area is 131 Å². The van der Waals surface area contributed by atoms with Crippen LogP contribution in [0.4, 0.5) is 14.5 Å². The molecule has 0 fully saturated rings. The summed E-state index contributed by atoms with van der Waals surface area (Å²) >= 11 is 11.9. The van der Waals surface area contributed by atoms with Gasteiger partial charge in [0.1, 0.15) is 5.75 Å². The van der Waals surface area contributed by atoms with Crippen LogP contribution in [0.3, 0.4) is 0 Å². The molecule has 2 rings (SSSR count). The Hall–Kier alpha value is -1.52. The molecular formula is C15H13Cl2F2NO. The molecule has 0 aromatic heterocycles. The molecule has 0 heterocycles. The molecule has 2 aromatic carbocycles. The van der Waals surface area contributed by atoms with Crippen molar-refractivity contribution in [3.05, 3.63) is 58.1 Å². The molecule has 0 aliphatic rings. The lowest BCUT2D eigenvalue weighted by atomic mass is 10.1. The molecule has 0 bridgehead atoms. The molecule has 0 radical (unpaired) electrons. The zero-order valence-corrected chi connectivity index (χ0v) is 12.6. The molecule has 2 nitrogen and oxygen atoms in total. The number of hydrogen-bond donors (Lipinski definition) is 1. The van der Waals surface area contributed by atoms with Crippen LogP contribution < -0.4 is 10.1 Å². The third kappa shape index (κ3) is 4.48. The fraction of sp³-hybridized carbons (Fsp3) is 0.200. The molecule has 1 unspecified atom stereocenters. The van der Waals surface area contributed by atoms with Gasteiger partial charge in [-0.25, -0.2) is 0 Å². The highest BCUT2D eigenvalue weighted by Gasteiger charge is 2.09. The summed E-state index contributed by atoms with van der Waals surface area (Å²) in [6.07, 6.45) is 0. The summed E-state index contributed by atoms with van der Waals surface area (Å²) in [5.41, 5.74) is 1.61. The second-order valence-corrected chi connectivity index (χ2v) is 5.26. The minimum absolute atomic E-state index is 0.0680. The summed E-state index contributed by atoms with van der Waals surface area (Å²) in [5.74, 6) is 0.108. The Morgan fingerprint density at radius 3 is 2.48 bits per heavy atom. The van der Waals surface area contributed by atoms with Gasteiger partial charge >= 0.3 is 6.61 Å². The van der Waals surface area contributed by atoms with Crippen LogP contribution in [0.1, 0.15) is 18.5 Å². The van der Waals surface area contributed by atoms with Gasteiger partial charge in [-0.1, -0.05) is 35.3 Å². The second-order valence-electron chi connectivity index (χ2n) is 4.45. The number of alkyl halides is 2. The Kier molecular flexibility index (Phi) is 5.26. The number of halogens is 4. The second kappa shape index (κ2) is 6.96. The minimum atomic E-state index is -2.84. The van der Waals surface area contributed by atoms with Gasteiger partial charge in [0, 0.05) is 17.8 Å². The van der Waals surface area contributed by atoms with Gasteiger partial charge in [0.25, 0.3) is 0 Å². The summed E-state index contributed by atoms with van der Waals surface area (Å²) in [4.78, 5) is 0. The van der Waals surface area contributed by atoms with Crippen LogP contribution in [0, 0.1) is 0 Å². The van der Waals surface area contributed by atoms with Crippen LogP contribution in [-0.2, 0) is 0 Å². The van der Waals surface area contributed by atoms with E-state index in [1.165, 1.54) is 12.1 Å². The van der Waals surface area contributed by atoms with E-state index in [0.29, 0.717) is 15.7 Å². The molecule has 0 saturated carbocycles. The van der Waals surface area contributed by atoms with Crippen LogP contribution in [-0.4, -0.2) is 6.61 Å². The van der Waals surface area contributed by atoms with Crippen molar-refractivity contribution in [3.63, 3.8) is 0 Å². The van der Waals surface area contributed by atoms with E-state index < -0.39 is 6.61 Å². The van der Waals surface area contributed by atoms with Crippen LogP contribution in [0.5, 0.6) is 5.75 Å². The van der Waals surface area contributed by atoms with Crippen LogP contribution in [0.2, 0.25) is 10.0 Å². The van der Waals surface area contributed by atoms with Gasteiger partial charge in [0.15, 0.2) is 0 Å². The Morgan fingerprint density at radius 2 is 1.81 bits per heavy atom. The maximum Gasteiger partial charge on any atom is 0.387 e. The van der Waals surface area contributed by atoms with Gasteiger partial charge in [-0.2, -0.15) is 8.78 Å². The van der Waals surface area contributed by atoms with E-state index in [1.54, 1.807) is 24.3 Å². The van der Waals surface area contributed by atoms with Crippen molar-refractivity contribution in [2.45, 2.75) is 19.6 Å². The third-order valence-corrected chi connectivity index (χ3v) is 3.63. The van der Waals surface area contributed by atoms with Gasteiger partial charge in [0.2, 0.25) is 0 Å². The predicted octanol–water partition coefficient (Wildman–Crippen LogP) is 5.77. The van der Waals surface area contributed by atoms with Crippen molar-refractivity contribution in [1.82, 2.24) is 0 Å². The highest BCUT2D eigenvalue weighted by Crippen LogP contribution is 2.28. The van der Waals surface area contributed by atoms with Crippen molar-refractivity contribution in [2.24, 2.45) is 0 Å². The number of rotatable bonds is 5. The average molecular weight is 332 g/mol. The van der Waals surface area contributed by atoms with Crippen molar-refractivity contribution in [1.29, 1.82) is 0 Å². The van der Waals surface area contributed by atoms with E-state index in [-0.39, 0.29) is 11.8 Å². The molecule has 0 aliphatic carbocycles. The van der Waals surface area contributed by atoms with E-state index in [2.05, 4.69) is 10.1 Å². The molecule has 0 saturated heterocycles. The zero-order chi connectivity index (χ0) is 15.4. The molecule has 2 aromatic rings. The van der Waals surface area contributed by atoms with Crippen molar-refractivity contribution in [2.75, 3.05) is 5.32 Å². The Bertz CT molecular complexity index is 622. The van der Waals surface area contributed by atoms with Gasteiger partial charge in [-0.05, 0) is 36.8 Å². The fourth-order valence-electron chi connectivity index (χ4n) is 1.88. The first-order chi connectivity index (χ1) is 9.95. The Morgan fingerprint density at radius 1 is 1.05 bits per heavy atom. The van der Waals surface area contributed by atoms with E-state index in [4.69, 9.17) is 23.2 Å². The lowest BCUT2D eigenvalue weighted by Gasteiger charge is -2.17. The summed E-state index contributed by atoms with van der Waals surface area (Å²) in [7, 11) is 0. The third-order valence-electron chi connectivity index (χ3n) is 2.89. The van der Waals surface area contributed by atoms with E-state index >= 15 is 0 Å². The first-order valence-corrected chi connectivity index (χ1v) is 6.97. The van der Waals surface area contributed by atoms with Gasteiger partial charge in [0.05, 0.1) is 10.0 Å². The molecule has 6 heteroatoms. The number of hydrogen-bond acceptors (Lipinski definition) is 2. The monoisotopic (exact) mass is 331 g/mol. The highest BCUT2D eigenvalue weighted by molar-refractivity contribution is 6.42. The molecule has 112 valence electrons. The zero-order valence-electron chi connectivity index (χ0n) is 11.1. The first-order valence-electron chi connectivity index (χ1n) is 6.22. The molecule has 1 atom stereocenters. The number of anilines is 1. The standard InChI is InChI=1S/C15H13Cl2F2NO/c1-9(10-5-6-13(16)14(17)7-10)20-11-3-2-4-12(8-11)21-15(18)19/h2-9,15,20H,1H3. The molecule has 0 amide bonds. The molecule has 0 spiro atoms. The lowest BCUT2D eigenvalue weighted by molar-refractivity contribution is -0.0498. The summed E-state index contributed by atoms with van der Waals surface area (Å²) in [6.45, 7) is -0.909. The Balaban J connectivity index is 2.11. The van der Waals surface area contributed by atoms with Gasteiger partial charge in [-0.15, -0.1) is 0 Å². The maximum atomic E-state index is 12.2. The predicted molar refractivity (Wildman–Crippen MR) is 81.6 cm³/mol. The van der Waals surface area contributed by atoms with Crippen molar-refractivity contribution in [3.8, 4) is 5.75 Å². The SMILES string of the molecule is CC(Nc1cccc(OC(F)F)c1)c1ccc(Cl)c(Cl)c1. The van der Waals surface area contributed by atoms with Crippen molar-refractivity contribution >= 4 is 28.9 Å². The van der Waals surface area contributed by atoms with Crippen LogP contribution in [0.15, 0.2) is 42.5 Å². The van der Waals surface area contributed by atoms with Gasteiger partial charge in [-0.3, -0.25) is 0 Å². The number of ether oxygens (including phenoxy) is 1. The molecule has 1 N–H and O–H groups in total. The lowest BCUT2D eigenvalue weighted by Crippen LogP contribution is -2.07. The molecular weight excluding hydrogens is 319 g/mol. The quantitative estimate of drug-likeness (QED) is 0.751. The van der Waals surface area contributed by atoms with Crippen LogP contribution >= 0.6 is 23.2 Å². The summed E-state index contributed by atoms with van der Waals surface area (Å²) < 4.78 is 28.7. The van der Waals surface area contributed by atoms with Crippen molar-refractivity contribution < 1.29 is 13.5 Å². The maximum absolute atomic E-state index is 12.2. The summed E-state index contributed by atoms with van der Waals surface area (Å²) in [6, 6.07) is 11.7. The summed E-state index contributed by atoms with van der Waals surface area (Å²) in [5, 5.41) is 4.15. The fourth-order valence-corrected chi connectivity index (χ4v) is 2.18. The normalized spacial score (nSPS) is 12.3. The number of benzene rings is 2.